The van der Waals surface area contributed by atoms with E-state index in [9.17, 15) is 9.90 Å². The highest BCUT2D eigenvalue weighted by atomic mass is 16.6. The molecule has 0 bridgehead atoms. The Morgan fingerprint density at radius 3 is 2.55 bits per heavy atom. The van der Waals surface area contributed by atoms with Gasteiger partial charge in [-0.05, 0) is 53.7 Å². The summed E-state index contributed by atoms with van der Waals surface area (Å²) >= 11 is 0. The van der Waals surface area contributed by atoms with Gasteiger partial charge in [0, 0.05) is 17.3 Å². The zero-order valence-electron chi connectivity index (χ0n) is 14.0. The summed E-state index contributed by atoms with van der Waals surface area (Å²) in [6.45, 7) is 11.0. The molecule has 0 radical (unpaired) electrons. The van der Waals surface area contributed by atoms with Crippen LogP contribution in [0.5, 0.6) is 0 Å². The van der Waals surface area contributed by atoms with Gasteiger partial charge in [-0.3, -0.25) is 0 Å². The molecule has 2 unspecified atom stereocenters. The molecule has 2 aromatic rings. The molecule has 0 amide bonds. The number of esters is 1. The Hall–Kier alpha value is -1.88. The molecular weight excluding hydrogens is 280 g/mol. The number of carbonyl (C=O) groups is 1. The molecule has 0 aliphatic carbocycles. The number of hydrogen-bond donors (Lipinski definition) is 1. The summed E-state index contributed by atoms with van der Waals surface area (Å²) < 4.78 is 7.43. The van der Waals surface area contributed by atoms with E-state index in [1.807, 2.05) is 45.3 Å². The predicted molar refractivity (Wildman–Crippen MR) is 86.0 cm³/mol. The zero-order chi connectivity index (χ0) is 16.7. The molecule has 0 spiro atoms. The van der Waals surface area contributed by atoms with E-state index >= 15 is 0 Å². The average molecular weight is 304 g/mol. The third-order valence-corrected chi connectivity index (χ3v) is 3.72. The summed E-state index contributed by atoms with van der Waals surface area (Å²) in [5.74, 6) is -0.362. The van der Waals surface area contributed by atoms with Crippen molar-refractivity contribution in [1.29, 1.82) is 0 Å². The van der Waals surface area contributed by atoms with E-state index in [0.717, 1.165) is 11.1 Å². The van der Waals surface area contributed by atoms with Crippen LogP contribution >= 0.6 is 0 Å². The number of aromatic nitrogens is 2. The van der Waals surface area contributed by atoms with Gasteiger partial charge in [0.05, 0.1) is 17.7 Å². The Balaban J connectivity index is 2.65. The number of hydrogen-bond acceptors (Lipinski definition) is 4. The summed E-state index contributed by atoms with van der Waals surface area (Å²) in [6.07, 6.45) is 1.13. The molecule has 0 aliphatic heterocycles. The first-order valence-electron chi connectivity index (χ1n) is 7.50. The van der Waals surface area contributed by atoms with Crippen LogP contribution in [0.3, 0.4) is 0 Å². The van der Waals surface area contributed by atoms with E-state index in [0.29, 0.717) is 11.2 Å². The molecule has 120 valence electrons. The van der Waals surface area contributed by atoms with Gasteiger partial charge in [-0.25, -0.2) is 9.78 Å². The molecule has 2 aromatic heterocycles. The topological polar surface area (TPSA) is 64.3 Å². The van der Waals surface area contributed by atoms with Gasteiger partial charge in [0.25, 0.3) is 0 Å². The summed E-state index contributed by atoms with van der Waals surface area (Å²) in [7, 11) is 0. The number of aliphatic hydroxyl groups is 1. The van der Waals surface area contributed by atoms with Crippen molar-refractivity contribution in [2.45, 2.75) is 59.3 Å². The van der Waals surface area contributed by atoms with Crippen LogP contribution in [-0.2, 0) is 4.74 Å². The monoisotopic (exact) mass is 304 g/mol. The highest BCUT2D eigenvalue weighted by Crippen LogP contribution is 2.30. The molecule has 0 saturated heterocycles. The molecule has 2 rings (SSSR count). The molecule has 5 nitrogen and oxygen atoms in total. The van der Waals surface area contributed by atoms with Crippen LogP contribution in [0.15, 0.2) is 18.3 Å². The van der Waals surface area contributed by atoms with Crippen molar-refractivity contribution in [2.75, 3.05) is 0 Å². The van der Waals surface area contributed by atoms with Crippen LogP contribution in [0.1, 0.15) is 56.7 Å². The first kappa shape index (κ1) is 16.5. The standard InChI is InChI=1S/C17H24N2O3/c1-10(12(3)20)19-11(2)14(16(21)22-17(4,5)6)13-8-7-9-18-15(13)19/h7-10,12,20H,1-6H3. The fraction of sp³-hybridized carbons (Fsp3) is 0.529. The SMILES string of the molecule is Cc1c(C(=O)OC(C)(C)C)c2cccnc2n1C(C)C(C)O. The highest BCUT2D eigenvalue weighted by Gasteiger charge is 2.27. The number of carbonyl (C=O) groups excluding carboxylic acids is 1. The van der Waals surface area contributed by atoms with Crippen LogP contribution in [-0.4, -0.2) is 32.3 Å². The molecule has 0 aliphatic rings. The minimum Gasteiger partial charge on any atom is -0.456 e. The van der Waals surface area contributed by atoms with Crippen molar-refractivity contribution in [1.82, 2.24) is 9.55 Å². The first-order chi connectivity index (χ1) is 10.1. The van der Waals surface area contributed by atoms with Crippen LogP contribution in [0.4, 0.5) is 0 Å². The second-order valence-corrected chi connectivity index (χ2v) is 6.69. The van der Waals surface area contributed by atoms with Gasteiger partial charge in [0.2, 0.25) is 0 Å². The Labute approximate surface area is 130 Å². The Morgan fingerprint density at radius 1 is 1.36 bits per heavy atom. The zero-order valence-corrected chi connectivity index (χ0v) is 14.0. The van der Waals surface area contributed by atoms with E-state index in [1.54, 1.807) is 19.2 Å². The van der Waals surface area contributed by atoms with Crippen LogP contribution < -0.4 is 0 Å². The van der Waals surface area contributed by atoms with Gasteiger partial charge in [0.1, 0.15) is 11.2 Å². The highest BCUT2D eigenvalue weighted by molar-refractivity contribution is 6.05. The van der Waals surface area contributed by atoms with Crippen molar-refractivity contribution >= 4 is 17.0 Å². The van der Waals surface area contributed by atoms with E-state index in [1.165, 1.54) is 0 Å². The van der Waals surface area contributed by atoms with Crippen LogP contribution in [0.25, 0.3) is 11.0 Å². The smallest absolute Gasteiger partial charge is 0.341 e. The fourth-order valence-electron chi connectivity index (χ4n) is 2.56. The van der Waals surface area contributed by atoms with Gasteiger partial charge >= 0.3 is 5.97 Å². The van der Waals surface area contributed by atoms with Crippen LogP contribution in [0.2, 0.25) is 0 Å². The Bertz CT molecular complexity index is 696. The van der Waals surface area contributed by atoms with Gasteiger partial charge in [-0.2, -0.15) is 0 Å². The number of fused-ring (bicyclic) bond motifs is 1. The molecule has 0 aromatic carbocycles. The van der Waals surface area contributed by atoms with Crippen molar-refractivity contribution < 1.29 is 14.6 Å². The predicted octanol–water partition coefficient (Wildman–Crippen LogP) is 3.24. The maximum Gasteiger partial charge on any atom is 0.341 e. The largest absolute Gasteiger partial charge is 0.456 e. The third-order valence-electron chi connectivity index (χ3n) is 3.72. The van der Waals surface area contributed by atoms with Crippen LogP contribution in [0, 0.1) is 6.92 Å². The lowest BCUT2D eigenvalue weighted by Gasteiger charge is -2.21. The third kappa shape index (κ3) is 2.99. The normalized spacial score (nSPS) is 14.9. The molecule has 1 N–H and O–H groups in total. The molecule has 0 saturated carbocycles. The van der Waals surface area contributed by atoms with Crippen molar-refractivity contribution in [3.8, 4) is 0 Å². The lowest BCUT2D eigenvalue weighted by atomic mass is 10.1. The quantitative estimate of drug-likeness (QED) is 0.884. The van der Waals surface area contributed by atoms with E-state index < -0.39 is 11.7 Å². The Morgan fingerprint density at radius 2 is 2.00 bits per heavy atom. The summed E-state index contributed by atoms with van der Waals surface area (Å²) in [4.78, 5) is 17.0. The summed E-state index contributed by atoms with van der Waals surface area (Å²) in [6, 6.07) is 3.47. The van der Waals surface area contributed by atoms with E-state index in [-0.39, 0.29) is 12.0 Å². The minimum atomic E-state index is -0.559. The number of nitrogens with zero attached hydrogens (tertiary/aromatic N) is 2. The average Bonchev–Trinajstić information content (AvgIpc) is 2.67. The van der Waals surface area contributed by atoms with E-state index in [2.05, 4.69) is 4.98 Å². The first-order valence-corrected chi connectivity index (χ1v) is 7.50. The maximum absolute atomic E-state index is 12.6. The fourth-order valence-corrected chi connectivity index (χ4v) is 2.56. The number of rotatable bonds is 3. The molecule has 2 atom stereocenters. The van der Waals surface area contributed by atoms with Gasteiger partial charge < -0.3 is 14.4 Å². The number of aliphatic hydroxyl groups excluding tert-OH is 1. The minimum absolute atomic E-state index is 0.186. The second-order valence-electron chi connectivity index (χ2n) is 6.69. The summed E-state index contributed by atoms with van der Waals surface area (Å²) in [5, 5.41) is 10.7. The lowest BCUT2D eigenvalue weighted by Crippen LogP contribution is -2.25. The lowest BCUT2D eigenvalue weighted by molar-refractivity contribution is 0.00702. The van der Waals surface area contributed by atoms with Crippen molar-refractivity contribution in [3.63, 3.8) is 0 Å². The van der Waals surface area contributed by atoms with E-state index in [4.69, 9.17) is 4.74 Å². The summed E-state index contributed by atoms with van der Waals surface area (Å²) in [5.41, 5.74) is 1.41. The number of pyridine rings is 1. The molecule has 22 heavy (non-hydrogen) atoms. The maximum atomic E-state index is 12.6. The molecule has 5 heteroatoms. The van der Waals surface area contributed by atoms with Crippen molar-refractivity contribution in [3.05, 3.63) is 29.6 Å². The Kier molecular flexibility index (Phi) is 4.29. The second kappa shape index (κ2) is 5.72. The van der Waals surface area contributed by atoms with Gasteiger partial charge in [0.15, 0.2) is 0 Å². The molecule has 0 fully saturated rings. The van der Waals surface area contributed by atoms with Gasteiger partial charge in [-0.15, -0.1) is 0 Å². The van der Waals surface area contributed by atoms with Crippen molar-refractivity contribution in [2.24, 2.45) is 0 Å². The molecular formula is C17H24N2O3. The number of ether oxygens (including phenoxy) is 1. The molecule has 2 heterocycles. The van der Waals surface area contributed by atoms with Gasteiger partial charge in [-0.1, -0.05) is 0 Å².